The first kappa shape index (κ1) is 20.3. The van der Waals surface area contributed by atoms with Gasteiger partial charge in [-0.25, -0.2) is 5.43 Å². The number of hydrazone groups is 1. The number of amides is 1. The Morgan fingerprint density at radius 2 is 1.92 bits per heavy atom. The highest BCUT2D eigenvalue weighted by atomic mass is 35.5. The number of hydrogen-bond donors (Lipinski definition) is 1. The summed E-state index contributed by atoms with van der Waals surface area (Å²) < 4.78 is 5.61. The summed E-state index contributed by atoms with van der Waals surface area (Å²) in [5, 5.41) is 4.70. The molecule has 4 nitrogen and oxygen atoms in total. The van der Waals surface area contributed by atoms with Gasteiger partial charge < -0.3 is 4.74 Å². The number of halogens is 1. The van der Waals surface area contributed by atoms with E-state index in [1.165, 1.54) is 11.8 Å². The van der Waals surface area contributed by atoms with E-state index in [1.807, 2.05) is 48.5 Å². The van der Waals surface area contributed by atoms with Crippen molar-refractivity contribution in [2.24, 2.45) is 5.10 Å². The molecule has 0 heterocycles. The SMILES string of the molecule is CCCCOc1ccc(C=NNC(=O)CSCc2ccc(Cl)cc2)cc1. The molecule has 0 saturated heterocycles. The van der Waals surface area contributed by atoms with Gasteiger partial charge in [-0.3, -0.25) is 4.79 Å². The number of nitrogens with zero attached hydrogens (tertiary/aromatic N) is 1. The zero-order valence-corrected chi connectivity index (χ0v) is 16.4. The van der Waals surface area contributed by atoms with Crippen LogP contribution in [-0.4, -0.2) is 24.5 Å². The van der Waals surface area contributed by atoms with Crippen LogP contribution in [0, 0.1) is 0 Å². The lowest BCUT2D eigenvalue weighted by atomic mass is 10.2. The monoisotopic (exact) mass is 390 g/mol. The quantitative estimate of drug-likeness (QED) is 0.356. The van der Waals surface area contributed by atoms with Gasteiger partial charge in [-0.05, 0) is 53.9 Å². The van der Waals surface area contributed by atoms with Gasteiger partial charge in [-0.15, -0.1) is 11.8 Å². The van der Waals surface area contributed by atoms with Gasteiger partial charge in [0, 0.05) is 10.8 Å². The summed E-state index contributed by atoms with van der Waals surface area (Å²) in [5.74, 6) is 1.83. The van der Waals surface area contributed by atoms with Gasteiger partial charge in [0.15, 0.2) is 0 Å². The Labute approximate surface area is 164 Å². The Morgan fingerprint density at radius 1 is 1.19 bits per heavy atom. The van der Waals surface area contributed by atoms with Crippen LogP contribution in [0.2, 0.25) is 5.02 Å². The van der Waals surface area contributed by atoms with Crippen LogP contribution >= 0.6 is 23.4 Å². The van der Waals surface area contributed by atoms with Crippen LogP contribution in [0.3, 0.4) is 0 Å². The maximum Gasteiger partial charge on any atom is 0.250 e. The Kier molecular flexibility index (Phi) is 9.07. The molecule has 0 aliphatic rings. The molecule has 1 N–H and O–H groups in total. The second kappa shape index (κ2) is 11.6. The molecule has 0 atom stereocenters. The third kappa shape index (κ3) is 7.93. The number of hydrogen-bond acceptors (Lipinski definition) is 4. The molecule has 26 heavy (non-hydrogen) atoms. The lowest BCUT2D eigenvalue weighted by molar-refractivity contribution is -0.118. The molecular weight excluding hydrogens is 368 g/mol. The maximum atomic E-state index is 11.8. The number of thioether (sulfide) groups is 1. The number of rotatable bonds is 10. The normalized spacial score (nSPS) is 10.8. The van der Waals surface area contributed by atoms with Crippen LogP contribution in [0.4, 0.5) is 0 Å². The van der Waals surface area contributed by atoms with Gasteiger partial charge in [0.25, 0.3) is 0 Å². The smallest absolute Gasteiger partial charge is 0.250 e. The van der Waals surface area contributed by atoms with Crippen LogP contribution in [-0.2, 0) is 10.5 Å². The van der Waals surface area contributed by atoms with Crippen molar-refractivity contribution >= 4 is 35.5 Å². The lowest BCUT2D eigenvalue weighted by Gasteiger charge is -2.05. The van der Waals surface area contributed by atoms with E-state index in [9.17, 15) is 4.79 Å². The average Bonchev–Trinajstić information content (AvgIpc) is 2.65. The second-order valence-electron chi connectivity index (χ2n) is 5.68. The predicted octanol–water partition coefficient (Wildman–Crippen LogP) is 4.90. The van der Waals surface area contributed by atoms with E-state index < -0.39 is 0 Å². The first-order valence-electron chi connectivity index (χ1n) is 8.54. The van der Waals surface area contributed by atoms with E-state index >= 15 is 0 Å². The Morgan fingerprint density at radius 3 is 2.62 bits per heavy atom. The second-order valence-corrected chi connectivity index (χ2v) is 7.11. The van der Waals surface area contributed by atoms with E-state index in [0.717, 1.165) is 42.1 Å². The number of benzene rings is 2. The molecule has 2 aromatic rings. The molecule has 0 saturated carbocycles. The Balaban J connectivity index is 1.66. The van der Waals surface area contributed by atoms with E-state index in [2.05, 4.69) is 17.5 Å². The summed E-state index contributed by atoms with van der Waals surface area (Å²) in [7, 11) is 0. The van der Waals surface area contributed by atoms with Crippen molar-refractivity contribution in [3.05, 3.63) is 64.7 Å². The van der Waals surface area contributed by atoms with Crippen molar-refractivity contribution in [1.82, 2.24) is 5.43 Å². The highest BCUT2D eigenvalue weighted by Gasteiger charge is 2.01. The number of nitrogens with one attached hydrogen (secondary N) is 1. The van der Waals surface area contributed by atoms with Crippen molar-refractivity contribution in [1.29, 1.82) is 0 Å². The van der Waals surface area contributed by atoms with Crippen LogP contribution in [0.1, 0.15) is 30.9 Å². The highest BCUT2D eigenvalue weighted by Crippen LogP contribution is 2.15. The molecule has 0 radical (unpaired) electrons. The van der Waals surface area contributed by atoms with Crippen LogP contribution in [0.5, 0.6) is 5.75 Å². The molecule has 0 aliphatic heterocycles. The molecule has 0 bridgehead atoms. The molecule has 0 fully saturated rings. The molecule has 0 unspecified atom stereocenters. The predicted molar refractivity (Wildman–Crippen MR) is 110 cm³/mol. The van der Waals surface area contributed by atoms with Gasteiger partial charge >= 0.3 is 0 Å². The summed E-state index contributed by atoms with van der Waals surface area (Å²) >= 11 is 7.38. The fraction of sp³-hybridized carbons (Fsp3) is 0.300. The van der Waals surface area contributed by atoms with Gasteiger partial charge in [0.05, 0.1) is 18.6 Å². The molecule has 2 rings (SSSR count). The van der Waals surface area contributed by atoms with Gasteiger partial charge in [-0.2, -0.15) is 5.10 Å². The first-order valence-corrected chi connectivity index (χ1v) is 10.1. The van der Waals surface area contributed by atoms with Crippen LogP contribution in [0.25, 0.3) is 0 Å². The van der Waals surface area contributed by atoms with Crippen LogP contribution in [0.15, 0.2) is 53.6 Å². The van der Waals surface area contributed by atoms with Crippen LogP contribution < -0.4 is 10.2 Å². The largest absolute Gasteiger partial charge is 0.494 e. The van der Waals surface area contributed by atoms with Crippen molar-refractivity contribution < 1.29 is 9.53 Å². The summed E-state index contributed by atoms with van der Waals surface area (Å²) in [6.07, 6.45) is 3.78. The van der Waals surface area contributed by atoms with Gasteiger partial charge in [0.1, 0.15) is 5.75 Å². The third-order valence-corrected chi connectivity index (χ3v) is 4.72. The summed E-state index contributed by atoms with van der Waals surface area (Å²) in [5.41, 5.74) is 4.58. The molecule has 1 amide bonds. The fourth-order valence-corrected chi connectivity index (χ4v) is 2.94. The molecular formula is C20H23ClN2O2S. The molecule has 0 aromatic heterocycles. The fourth-order valence-electron chi connectivity index (χ4n) is 2.04. The third-order valence-electron chi connectivity index (χ3n) is 3.46. The summed E-state index contributed by atoms with van der Waals surface area (Å²) in [6, 6.07) is 15.2. The molecule has 6 heteroatoms. The number of carbonyl (C=O) groups excluding carboxylic acids is 1. The van der Waals surface area contributed by atoms with E-state index in [1.54, 1.807) is 6.21 Å². The topological polar surface area (TPSA) is 50.7 Å². The van der Waals surface area contributed by atoms with Crippen molar-refractivity contribution in [3.63, 3.8) is 0 Å². The molecule has 0 aliphatic carbocycles. The van der Waals surface area contributed by atoms with E-state index in [-0.39, 0.29) is 5.91 Å². The lowest BCUT2D eigenvalue weighted by Crippen LogP contribution is -2.19. The van der Waals surface area contributed by atoms with Gasteiger partial charge in [0.2, 0.25) is 5.91 Å². The first-order chi connectivity index (χ1) is 12.7. The average molecular weight is 391 g/mol. The number of ether oxygens (including phenoxy) is 1. The Bertz CT molecular complexity index is 703. The minimum absolute atomic E-state index is 0.125. The molecule has 0 spiro atoms. The highest BCUT2D eigenvalue weighted by molar-refractivity contribution is 7.99. The van der Waals surface area contributed by atoms with Gasteiger partial charge in [-0.1, -0.05) is 37.1 Å². The van der Waals surface area contributed by atoms with E-state index in [4.69, 9.17) is 16.3 Å². The van der Waals surface area contributed by atoms with Crippen molar-refractivity contribution in [3.8, 4) is 5.75 Å². The minimum atomic E-state index is -0.125. The molecule has 138 valence electrons. The number of unbranched alkanes of at least 4 members (excludes halogenated alkanes) is 1. The summed E-state index contributed by atoms with van der Waals surface area (Å²) in [6.45, 7) is 2.86. The summed E-state index contributed by atoms with van der Waals surface area (Å²) in [4.78, 5) is 11.8. The minimum Gasteiger partial charge on any atom is -0.494 e. The standard InChI is InChI=1S/C20H23ClN2O2S/c1-2-3-12-25-19-10-6-16(7-11-19)13-22-23-20(24)15-26-14-17-4-8-18(21)9-5-17/h4-11,13H,2-3,12,14-15H2,1H3,(H,23,24). The zero-order valence-electron chi connectivity index (χ0n) is 14.8. The number of carbonyl (C=O) groups is 1. The maximum absolute atomic E-state index is 11.8. The molecule has 2 aromatic carbocycles. The Hall–Kier alpha value is -1.98. The van der Waals surface area contributed by atoms with E-state index in [0.29, 0.717) is 10.8 Å². The van der Waals surface area contributed by atoms with Crippen molar-refractivity contribution in [2.45, 2.75) is 25.5 Å². The zero-order chi connectivity index (χ0) is 18.6. The van der Waals surface area contributed by atoms with Crippen molar-refractivity contribution in [2.75, 3.05) is 12.4 Å².